The van der Waals surface area contributed by atoms with Crippen molar-refractivity contribution in [1.29, 1.82) is 0 Å². The number of rotatable bonds is 7. The average Bonchev–Trinajstić information content (AvgIpc) is 3.49. The van der Waals surface area contributed by atoms with Crippen molar-refractivity contribution in [3.05, 3.63) is 58.6 Å². The zero-order chi connectivity index (χ0) is 19.3. The standard InChI is InChI=1S/C21H26ClN3O2.HI/c1-23-20(24-13-15-6-4-9-18(26-2)19(15)27-3)25-14-21(10-11-21)16-7-5-8-17(22)12-16;/h4-9,12H,10-11,13-14H2,1-3H3,(H2,23,24,25);1H. The first-order valence-electron chi connectivity index (χ1n) is 9.02. The third-order valence-electron chi connectivity index (χ3n) is 5.04. The SMILES string of the molecule is CN=C(NCc1cccc(OC)c1OC)NCC1(c2cccc(Cl)c2)CC1.I. The van der Waals surface area contributed by atoms with Gasteiger partial charge in [0.2, 0.25) is 0 Å². The Kier molecular flexibility index (Phi) is 8.24. The van der Waals surface area contributed by atoms with E-state index >= 15 is 0 Å². The number of halogens is 2. The number of methoxy groups -OCH3 is 2. The van der Waals surface area contributed by atoms with E-state index in [4.69, 9.17) is 21.1 Å². The second-order valence-corrected chi connectivity index (χ2v) is 7.16. The monoisotopic (exact) mass is 515 g/mol. The minimum absolute atomic E-state index is 0. The Morgan fingerprint density at radius 3 is 2.46 bits per heavy atom. The number of benzene rings is 2. The molecule has 0 spiro atoms. The first-order chi connectivity index (χ1) is 13.1. The fourth-order valence-corrected chi connectivity index (χ4v) is 3.47. The minimum Gasteiger partial charge on any atom is -0.493 e. The minimum atomic E-state index is 0. The Balaban J connectivity index is 0.00000280. The molecule has 0 amide bonds. The first kappa shape index (κ1) is 22.6. The number of hydrogen-bond acceptors (Lipinski definition) is 3. The predicted molar refractivity (Wildman–Crippen MR) is 126 cm³/mol. The lowest BCUT2D eigenvalue weighted by Gasteiger charge is -2.20. The van der Waals surface area contributed by atoms with E-state index in [0.717, 1.165) is 47.4 Å². The summed E-state index contributed by atoms with van der Waals surface area (Å²) in [4.78, 5) is 4.34. The molecule has 1 aliphatic rings. The van der Waals surface area contributed by atoms with Gasteiger partial charge in [-0.2, -0.15) is 0 Å². The third kappa shape index (κ3) is 5.23. The maximum Gasteiger partial charge on any atom is 0.191 e. The van der Waals surface area contributed by atoms with Crippen molar-refractivity contribution in [2.45, 2.75) is 24.8 Å². The zero-order valence-electron chi connectivity index (χ0n) is 16.4. The molecule has 0 heterocycles. The number of nitrogens with one attached hydrogen (secondary N) is 2. The number of hydrogen-bond donors (Lipinski definition) is 2. The zero-order valence-corrected chi connectivity index (χ0v) is 19.5. The molecular weight excluding hydrogens is 489 g/mol. The Bertz CT molecular complexity index is 825. The second-order valence-electron chi connectivity index (χ2n) is 6.72. The van der Waals surface area contributed by atoms with Crippen LogP contribution in [0.3, 0.4) is 0 Å². The van der Waals surface area contributed by atoms with Crippen LogP contribution in [0.25, 0.3) is 0 Å². The molecule has 3 rings (SSSR count). The summed E-state index contributed by atoms with van der Waals surface area (Å²) >= 11 is 6.16. The highest BCUT2D eigenvalue weighted by atomic mass is 127. The maximum absolute atomic E-state index is 6.16. The molecular formula is C21H27ClIN3O2. The number of guanidine groups is 1. The summed E-state index contributed by atoms with van der Waals surface area (Å²) in [6, 6.07) is 14.0. The number of para-hydroxylation sites is 1. The van der Waals surface area contributed by atoms with E-state index < -0.39 is 0 Å². The van der Waals surface area contributed by atoms with Crippen molar-refractivity contribution in [2.75, 3.05) is 27.8 Å². The van der Waals surface area contributed by atoms with Gasteiger partial charge in [-0.3, -0.25) is 4.99 Å². The fourth-order valence-electron chi connectivity index (χ4n) is 3.28. The van der Waals surface area contributed by atoms with Crippen LogP contribution in [-0.4, -0.2) is 33.8 Å². The molecule has 7 heteroatoms. The van der Waals surface area contributed by atoms with Crippen LogP contribution >= 0.6 is 35.6 Å². The largest absolute Gasteiger partial charge is 0.493 e. The van der Waals surface area contributed by atoms with E-state index in [2.05, 4.69) is 27.8 Å². The molecule has 28 heavy (non-hydrogen) atoms. The van der Waals surface area contributed by atoms with Crippen LogP contribution in [0.15, 0.2) is 47.5 Å². The molecule has 5 nitrogen and oxygen atoms in total. The molecule has 0 aliphatic heterocycles. The van der Waals surface area contributed by atoms with Crippen molar-refractivity contribution in [1.82, 2.24) is 10.6 Å². The fraction of sp³-hybridized carbons (Fsp3) is 0.381. The number of nitrogens with zero attached hydrogens (tertiary/aromatic N) is 1. The van der Waals surface area contributed by atoms with E-state index in [1.807, 2.05) is 30.3 Å². The molecule has 0 atom stereocenters. The topological polar surface area (TPSA) is 54.9 Å². The Morgan fingerprint density at radius 1 is 1.11 bits per heavy atom. The van der Waals surface area contributed by atoms with Crippen LogP contribution in [0.2, 0.25) is 5.02 Å². The molecule has 0 bridgehead atoms. The lowest BCUT2D eigenvalue weighted by atomic mass is 9.96. The summed E-state index contributed by atoms with van der Waals surface area (Å²) in [5.41, 5.74) is 2.44. The van der Waals surface area contributed by atoms with Gasteiger partial charge >= 0.3 is 0 Å². The normalized spacial score (nSPS) is 14.6. The quantitative estimate of drug-likeness (QED) is 0.327. The van der Waals surface area contributed by atoms with Gasteiger partial charge in [-0.1, -0.05) is 35.9 Å². The van der Waals surface area contributed by atoms with Crippen LogP contribution in [0.5, 0.6) is 11.5 Å². The maximum atomic E-state index is 6.16. The Morgan fingerprint density at radius 2 is 1.86 bits per heavy atom. The molecule has 1 saturated carbocycles. The van der Waals surface area contributed by atoms with Gasteiger partial charge in [0, 0.05) is 36.1 Å². The molecule has 1 fully saturated rings. The Hall–Kier alpha value is -1.67. The molecule has 0 saturated heterocycles. The summed E-state index contributed by atoms with van der Waals surface area (Å²) in [7, 11) is 5.06. The predicted octanol–water partition coefficient (Wildman–Crippen LogP) is 4.37. The molecule has 152 valence electrons. The van der Waals surface area contributed by atoms with Crippen molar-refractivity contribution >= 4 is 41.5 Å². The van der Waals surface area contributed by atoms with Gasteiger partial charge in [-0.15, -0.1) is 24.0 Å². The summed E-state index contributed by atoms with van der Waals surface area (Å²) < 4.78 is 10.8. The van der Waals surface area contributed by atoms with Gasteiger partial charge in [0.05, 0.1) is 14.2 Å². The molecule has 0 unspecified atom stereocenters. The van der Waals surface area contributed by atoms with E-state index in [0.29, 0.717) is 6.54 Å². The highest BCUT2D eigenvalue weighted by molar-refractivity contribution is 14.0. The summed E-state index contributed by atoms with van der Waals surface area (Å²) in [5, 5.41) is 7.59. The van der Waals surface area contributed by atoms with Crippen molar-refractivity contribution < 1.29 is 9.47 Å². The highest BCUT2D eigenvalue weighted by Gasteiger charge is 2.44. The van der Waals surface area contributed by atoms with Gasteiger partial charge in [0.1, 0.15) is 0 Å². The van der Waals surface area contributed by atoms with Crippen molar-refractivity contribution in [3.63, 3.8) is 0 Å². The van der Waals surface area contributed by atoms with Crippen molar-refractivity contribution in [3.8, 4) is 11.5 Å². The van der Waals surface area contributed by atoms with E-state index in [1.165, 1.54) is 5.56 Å². The highest BCUT2D eigenvalue weighted by Crippen LogP contribution is 2.48. The number of ether oxygens (including phenoxy) is 2. The van der Waals surface area contributed by atoms with Crippen LogP contribution in [-0.2, 0) is 12.0 Å². The summed E-state index contributed by atoms with van der Waals surface area (Å²) in [6.45, 7) is 1.41. The first-order valence-corrected chi connectivity index (χ1v) is 9.40. The molecule has 2 aromatic carbocycles. The van der Waals surface area contributed by atoms with E-state index in [-0.39, 0.29) is 29.4 Å². The van der Waals surface area contributed by atoms with Gasteiger partial charge in [-0.25, -0.2) is 0 Å². The average molecular weight is 516 g/mol. The smallest absolute Gasteiger partial charge is 0.191 e. The van der Waals surface area contributed by atoms with Gasteiger partial charge in [0.15, 0.2) is 17.5 Å². The van der Waals surface area contributed by atoms with Crippen LogP contribution in [0.4, 0.5) is 0 Å². The molecule has 1 aliphatic carbocycles. The molecule has 0 aromatic heterocycles. The Labute approximate surface area is 188 Å². The van der Waals surface area contributed by atoms with Gasteiger partial charge < -0.3 is 20.1 Å². The molecule has 2 N–H and O–H groups in total. The second kappa shape index (κ2) is 10.2. The lowest BCUT2D eigenvalue weighted by molar-refractivity contribution is 0.351. The van der Waals surface area contributed by atoms with E-state index in [1.54, 1.807) is 21.3 Å². The van der Waals surface area contributed by atoms with Crippen LogP contribution in [0, 0.1) is 0 Å². The van der Waals surface area contributed by atoms with Crippen LogP contribution in [0.1, 0.15) is 24.0 Å². The lowest BCUT2D eigenvalue weighted by Crippen LogP contribution is -2.40. The van der Waals surface area contributed by atoms with Crippen LogP contribution < -0.4 is 20.1 Å². The number of aliphatic imine (C=N–C) groups is 1. The summed E-state index contributed by atoms with van der Waals surface area (Å²) in [5.74, 6) is 2.21. The van der Waals surface area contributed by atoms with E-state index in [9.17, 15) is 0 Å². The van der Waals surface area contributed by atoms with Gasteiger partial charge in [0.25, 0.3) is 0 Å². The third-order valence-corrected chi connectivity index (χ3v) is 5.27. The van der Waals surface area contributed by atoms with Gasteiger partial charge in [-0.05, 0) is 36.6 Å². The molecule has 2 aromatic rings. The summed E-state index contributed by atoms with van der Waals surface area (Å²) in [6.07, 6.45) is 2.31. The molecule has 0 radical (unpaired) electrons. The van der Waals surface area contributed by atoms with Crippen molar-refractivity contribution in [2.24, 2.45) is 4.99 Å².